The molecule has 4 nitrogen and oxygen atoms in total. The number of para-hydroxylation sites is 2. The standard InChI is InChI=1S/C32H22Br2N4/c33-25-15-11-23(12-16-25)31-35-36-32(24-13-17-26(34)18-14-24)38(31)30-21-19-29(20-22-30)37(27-7-3-1-4-8-27)28-9-5-2-6-10-28/h1-22H. The van der Waals surface area contributed by atoms with Gasteiger partial charge in [0.05, 0.1) is 0 Å². The van der Waals surface area contributed by atoms with E-state index in [0.717, 1.165) is 54.5 Å². The lowest BCUT2D eigenvalue weighted by Gasteiger charge is -2.25. The molecule has 0 bridgehead atoms. The summed E-state index contributed by atoms with van der Waals surface area (Å²) in [6.45, 7) is 0. The van der Waals surface area contributed by atoms with Crippen LogP contribution in [0.5, 0.6) is 0 Å². The van der Waals surface area contributed by atoms with Crippen LogP contribution in [0, 0.1) is 0 Å². The van der Waals surface area contributed by atoms with Crippen LogP contribution in [0.4, 0.5) is 17.1 Å². The third-order valence-electron chi connectivity index (χ3n) is 6.26. The van der Waals surface area contributed by atoms with Gasteiger partial charge in [-0.3, -0.25) is 4.57 Å². The molecule has 38 heavy (non-hydrogen) atoms. The molecule has 0 aliphatic carbocycles. The molecule has 0 amide bonds. The SMILES string of the molecule is Brc1ccc(-c2nnc(-c3ccc(Br)cc3)n2-c2ccc(N(c3ccccc3)c3ccccc3)cc2)cc1. The van der Waals surface area contributed by atoms with Gasteiger partial charge >= 0.3 is 0 Å². The van der Waals surface area contributed by atoms with Crippen molar-refractivity contribution in [3.63, 3.8) is 0 Å². The second-order valence-corrected chi connectivity index (χ2v) is 10.6. The molecule has 0 spiro atoms. The lowest BCUT2D eigenvalue weighted by Crippen LogP contribution is -2.10. The number of aromatic nitrogens is 3. The third-order valence-corrected chi connectivity index (χ3v) is 7.32. The summed E-state index contributed by atoms with van der Waals surface area (Å²) in [4.78, 5) is 2.25. The van der Waals surface area contributed by atoms with E-state index in [9.17, 15) is 0 Å². The lowest BCUT2D eigenvalue weighted by molar-refractivity contribution is 1.07. The molecule has 1 aromatic heterocycles. The fourth-order valence-electron chi connectivity index (χ4n) is 4.45. The quantitative estimate of drug-likeness (QED) is 0.186. The molecule has 0 fully saturated rings. The summed E-state index contributed by atoms with van der Waals surface area (Å²) < 4.78 is 4.16. The number of halogens is 2. The summed E-state index contributed by atoms with van der Waals surface area (Å²) in [6, 6.07) is 45.7. The van der Waals surface area contributed by atoms with Crippen molar-refractivity contribution in [2.45, 2.75) is 0 Å². The minimum atomic E-state index is 0.783. The Labute approximate surface area is 238 Å². The highest BCUT2D eigenvalue weighted by Crippen LogP contribution is 2.36. The maximum Gasteiger partial charge on any atom is 0.168 e. The Balaban J connectivity index is 1.47. The number of hydrogen-bond acceptors (Lipinski definition) is 3. The number of anilines is 3. The number of rotatable bonds is 6. The van der Waals surface area contributed by atoms with Crippen molar-refractivity contribution in [3.8, 4) is 28.5 Å². The monoisotopic (exact) mass is 620 g/mol. The van der Waals surface area contributed by atoms with Gasteiger partial charge < -0.3 is 4.90 Å². The van der Waals surface area contributed by atoms with Gasteiger partial charge in [-0.1, -0.05) is 92.5 Å². The summed E-state index contributed by atoms with van der Waals surface area (Å²) in [6.07, 6.45) is 0. The molecule has 0 saturated carbocycles. The van der Waals surface area contributed by atoms with Crippen molar-refractivity contribution in [2.24, 2.45) is 0 Å². The molecule has 0 radical (unpaired) electrons. The van der Waals surface area contributed by atoms with Crippen LogP contribution >= 0.6 is 31.9 Å². The molecule has 6 heteroatoms. The van der Waals surface area contributed by atoms with Gasteiger partial charge in [-0.25, -0.2) is 0 Å². The second-order valence-electron chi connectivity index (χ2n) is 8.72. The van der Waals surface area contributed by atoms with Crippen LogP contribution in [-0.4, -0.2) is 14.8 Å². The van der Waals surface area contributed by atoms with Crippen LogP contribution < -0.4 is 4.90 Å². The minimum Gasteiger partial charge on any atom is -0.311 e. The van der Waals surface area contributed by atoms with Crippen LogP contribution in [0.1, 0.15) is 0 Å². The highest BCUT2D eigenvalue weighted by molar-refractivity contribution is 9.10. The summed E-state index contributed by atoms with van der Waals surface area (Å²) in [5.41, 5.74) is 6.22. The van der Waals surface area contributed by atoms with E-state index in [0.29, 0.717) is 0 Å². The van der Waals surface area contributed by atoms with Crippen molar-refractivity contribution in [3.05, 3.63) is 142 Å². The topological polar surface area (TPSA) is 34.0 Å². The number of nitrogens with zero attached hydrogens (tertiary/aromatic N) is 4. The molecule has 6 rings (SSSR count). The average Bonchev–Trinajstić information content (AvgIpc) is 3.41. The van der Waals surface area contributed by atoms with Gasteiger partial charge in [-0.2, -0.15) is 0 Å². The molecule has 0 aliphatic rings. The molecule has 0 unspecified atom stereocenters. The highest BCUT2D eigenvalue weighted by atomic mass is 79.9. The average molecular weight is 622 g/mol. The molecule has 0 N–H and O–H groups in total. The molecule has 0 aliphatic heterocycles. The maximum absolute atomic E-state index is 4.62. The molecule has 5 aromatic carbocycles. The first kappa shape index (κ1) is 24.3. The summed E-state index contributed by atoms with van der Waals surface area (Å²) in [5, 5.41) is 9.24. The first-order valence-electron chi connectivity index (χ1n) is 12.2. The molecule has 0 atom stereocenters. The van der Waals surface area contributed by atoms with Gasteiger partial charge in [0.15, 0.2) is 11.6 Å². The van der Waals surface area contributed by atoms with E-state index in [1.165, 1.54) is 0 Å². The summed E-state index contributed by atoms with van der Waals surface area (Å²) in [7, 11) is 0. The van der Waals surface area contributed by atoms with Gasteiger partial charge in [0.25, 0.3) is 0 Å². The van der Waals surface area contributed by atoms with Gasteiger partial charge in [0, 0.05) is 42.8 Å². The summed E-state index contributed by atoms with van der Waals surface area (Å²) in [5.74, 6) is 1.57. The first-order chi connectivity index (χ1) is 18.7. The zero-order valence-electron chi connectivity index (χ0n) is 20.2. The van der Waals surface area contributed by atoms with Gasteiger partial charge in [0.1, 0.15) is 0 Å². The predicted molar refractivity (Wildman–Crippen MR) is 162 cm³/mol. The Morgan fingerprint density at radius 1 is 0.447 bits per heavy atom. The van der Waals surface area contributed by atoms with Crippen molar-refractivity contribution >= 4 is 48.9 Å². The van der Waals surface area contributed by atoms with Crippen molar-refractivity contribution in [1.82, 2.24) is 14.8 Å². The van der Waals surface area contributed by atoms with Crippen LogP contribution in [0.15, 0.2) is 142 Å². The van der Waals surface area contributed by atoms with Crippen molar-refractivity contribution < 1.29 is 0 Å². The normalized spacial score (nSPS) is 10.9. The van der Waals surface area contributed by atoms with Crippen LogP contribution in [0.2, 0.25) is 0 Å². The second kappa shape index (κ2) is 10.8. The zero-order chi connectivity index (χ0) is 25.9. The Bertz CT molecular complexity index is 1540. The lowest BCUT2D eigenvalue weighted by atomic mass is 10.1. The van der Waals surface area contributed by atoms with Crippen LogP contribution in [0.3, 0.4) is 0 Å². The van der Waals surface area contributed by atoms with E-state index in [-0.39, 0.29) is 0 Å². The van der Waals surface area contributed by atoms with Gasteiger partial charge in [-0.15, -0.1) is 10.2 Å². The Hall–Kier alpha value is -4.00. The van der Waals surface area contributed by atoms with Gasteiger partial charge in [0.2, 0.25) is 0 Å². The fraction of sp³-hybridized carbons (Fsp3) is 0. The zero-order valence-corrected chi connectivity index (χ0v) is 23.4. The molecule has 6 aromatic rings. The smallest absolute Gasteiger partial charge is 0.168 e. The molecular weight excluding hydrogens is 600 g/mol. The largest absolute Gasteiger partial charge is 0.311 e. The number of hydrogen-bond donors (Lipinski definition) is 0. The van der Waals surface area contributed by atoms with E-state index in [4.69, 9.17) is 0 Å². The van der Waals surface area contributed by atoms with E-state index in [1.807, 2.05) is 36.4 Å². The first-order valence-corrected chi connectivity index (χ1v) is 13.7. The molecular formula is C32H22Br2N4. The minimum absolute atomic E-state index is 0.783. The predicted octanol–water partition coefficient (Wildman–Crippen LogP) is 9.60. The van der Waals surface area contributed by atoms with E-state index < -0.39 is 0 Å². The van der Waals surface area contributed by atoms with E-state index in [1.54, 1.807) is 0 Å². The fourth-order valence-corrected chi connectivity index (χ4v) is 4.98. The Morgan fingerprint density at radius 2 is 0.842 bits per heavy atom. The van der Waals surface area contributed by atoms with Crippen molar-refractivity contribution in [1.29, 1.82) is 0 Å². The molecule has 0 saturated heterocycles. The third kappa shape index (κ3) is 4.93. The van der Waals surface area contributed by atoms with Gasteiger partial charge in [-0.05, 0) is 72.8 Å². The van der Waals surface area contributed by atoms with Crippen molar-refractivity contribution in [2.75, 3.05) is 4.90 Å². The Morgan fingerprint density at radius 3 is 1.26 bits per heavy atom. The number of benzene rings is 5. The highest BCUT2D eigenvalue weighted by Gasteiger charge is 2.18. The summed E-state index contributed by atoms with van der Waals surface area (Å²) >= 11 is 7.08. The Kier molecular flexibility index (Phi) is 6.90. The van der Waals surface area contributed by atoms with E-state index >= 15 is 0 Å². The van der Waals surface area contributed by atoms with Crippen LogP contribution in [-0.2, 0) is 0 Å². The molecule has 184 valence electrons. The molecule has 1 heterocycles. The van der Waals surface area contributed by atoms with E-state index in [2.05, 4.69) is 149 Å². The van der Waals surface area contributed by atoms with Crippen LogP contribution in [0.25, 0.3) is 28.5 Å². The maximum atomic E-state index is 4.62.